The summed E-state index contributed by atoms with van der Waals surface area (Å²) in [5.74, 6) is 1.78. The van der Waals surface area contributed by atoms with E-state index in [9.17, 15) is 8.42 Å². The molecule has 0 spiro atoms. The predicted octanol–water partition coefficient (Wildman–Crippen LogP) is 1.69. The van der Waals surface area contributed by atoms with Crippen LogP contribution in [0, 0.1) is 0 Å². The van der Waals surface area contributed by atoms with Crippen molar-refractivity contribution >= 4 is 21.8 Å². The molecule has 1 aromatic rings. The van der Waals surface area contributed by atoms with Crippen molar-refractivity contribution in [3.63, 3.8) is 0 Å². The average Bonchev–Trinajstić information content (AvgIpc) is 3.09. The minimum atomic E-state index is -3.41. The maximum absolute atomic E-state index is 12.2. The summed E-state index contributed by atoms with van der Waals surface area (Å²) >= 11 is 1.73. The lowest BCUT2D eigenvalue weighted by molar-refractivity contribution is 0.571. The molecule has 114 valence electrons. The van der Waals surface area contributed by atoms with E-state index < -0.39 is 10.0 Å². The molecule has 0 radical (unpaired) electrons. The second-order valence-corrected chi connectivity index (χ2v) is 8.23. The third kappa shape index (κ3) is 4.80. The third-order valence-electron chi connectivity index (χ3n) is 3.11. The van der Waals surface area contributed by atoms with Gasteiger partial charge in [0.15, 0.2) is 0 Å². The van der Waals surface area contributed by atoms with Gasteiger partial charge < -0.3 is 10.3 Å². The van der Waals surface area contributed by atoms with Crippen LogP contribution in [-0.2, 0) is 16.6 Å². The van der Waals surface area contributed by atoms with Gasteiger partial charge in [-0.05, 0) is 31.6 Å². The number of aromatic amines is 1. The largest absolute Gasteiger partial charge is 0.363 e. The summed E-state index contributed by atoms with van der Waals surface area (Å²) in [4.78, 5) is 3.34. The van der Waals surface area contributed by atoms with Gasteiger partial charge in [-0.2, -0.15) is 11.8 Å². The van der Waals surface area contributed by atoms with E-state index in [-0.39, 0.29) is 6.04 Å². The monoisotopic (exact) mass is 317 g/mol. The van der Waals surface area contributed by atoms with Crippen LogP contribution < -0.4 is 10.0 Å². The van der Waals surface area contributed by atoms with Gasteiger partial charge in [0.05, 0.1) is 4.90 Å². The number of hydrogen-bond acceptors (Lipinski definition) is 4. The van der Waals surface area contributed by atoms with Gasteiger partial charge in [0.1, 0.15) is 0 Å². The molecule has 5 nitrogen and oxygen atoms in total. The molecule has 1 saturated carbocycles. The fourth-order valence-electron chi connectivity index (χ4n) is 1.88. The number of nitrogens with one attached hydrogen (secondary N) is 3. The highest BCUT2D eigenvalue weighted by Crippen LogP contribution is 2.19. The highest BCUT2D eigenvalue weighted by molar-refractivity contribution is 7.99. The number of sulfonamides is 1. The third-order valence-corrected chi connectivity index (χ3v) is 5.83. The van der Waals surface area contributed by atoms with E-state index in [2.05, 4.69) is 21.9 Å². The Labute approximate surface area is 125 Å². The minimum absolute atomic E-state index is 0.0621. The summed E-state index contributed by atoms with van der Waals surface area (Å²) in [6.45, 7) is 4.65. The maximum atomic E-state index is 12.2. The Morgan fingerprint density at radius 2 is 2.25 bits per heavy atom. The van der Waals surface area contributed by atoms with Crippen LogP contribution in [0.1, 0.15) is 32.4 Å². The summed E-state index contributed by atoms with van der Waals surface area (Å²) in [6.07, 6.45) is 4.01. The molecule has 1 fully saturated rings. The number of thioether (sulfide) groups is 1. The molecule has 20 heavy (non-hydrogen) atoms. The van der Waals surface area contributed by atoms with Crippen molar-refractivity contribution in [2.45, 2.75) is 50.2 Å². The predicted molar refractivity (Wildman–Crippen MR) is 83.4 cm³/mol. The second-order valence-electron chi connectivity index (χ2n) is 5.20. The Bertz CT molecular complexity index is 523. The van der Waals surface area contributed by atoms with Crippen molar-refractivity contribution in [3.8, 4) is 0 Å². The average molecular weight is 317 g/mol. The zero-order chi connectivity index (χ0) is 14.6. The highest BCUT2D eigenvalue weighted by Gasteiger charge is 2.22. The zero-order valence-electron chi connectivity index (χ0n) is 12.0. The molecule has 0 saturated heterocycles. The number of rotatable bonds is 9. The van der Waals surface area contributed by atoms with Gasteiger partial charge in [-0.3, -0.25) is 0 Å². The van der Waals surface area contributed by atoms with Crippen LogP contribution in [0.4, 0.5) is 0 Å². The molecule has 3 N–H and O–H groups in total. The van der Waals surface area contributed by atoms with E-state index in [1.54, 1.807) is 24.0 Å². The summed E-state index contributed by atoms with van der Waals surface area (Å²) < 4.78 is 27.1. The SMILES string of the molecule is CCSCC(C)NS(=O)(=O)c1c[nH]c(CNC2CC2)c1. The van der Waals surface area contributed by atoms with Crippen molar-refractivity contribution in [2.24, 2.45) is 0 Å². The summed E-state index contributed by atoms with van der Waals surface area (Å²) in [7, 11) is -3.41. The number of hydrogen-bond donors (Lipinski definition) is 3. The van der Waals surface area contributed by atoms with Crippen LogP contribution >= 0.6 is 11.8 Å². The molecule has 1 aromatic heterocycles. The molecular weight excluding hydrogens is 294 g/mol. The first-order valence-electron chi connectivity index (χ1n) is 7.02. The van der Waals surface area contributed by atoms with E-state index in [0.717, 1.165) is 17.2 Å². The highest BCUT2D eigenvalue weighted by atomic mass is 32.2. The van der Waals surface area contributed by atoms with Crippen molar-refractivity contribution in [1.82, 2.24) is 15.0 Å². The van der Waals surface area contributed by atoms with E-state index in [1.807, 2.05) is 6.92 Å². The van der Waals surface area contributed by atoms with E-state index in [0.29, 0.717) is 17.5 Å². The van der Waals surface area contributed by atoms with Crippen LogP contribution in [-0.4, -0.2) is 37.0 Å². The molecule has 2 rings (SSSR count). The van der Waals surface area contributed by atoms with E-state index in [4.69, 9.17) is 0 Å². The first kappa shape index (κ1) is 15.9. The van der Waals surface area contributed by atoms with Gasteiger partial charge in [-0.1, -0.05) is 6.92 Å². The number of H-pyrrole nitrogens is 1. The standard InChI is InChI=1S/C13H23N3O2S2/c1-3-19-9-10(2)16-20(17,18)13-6-12(15-8-13)7-14-11-4-5-11/h6,8,10-11,14-16H,3-5,7,9H2,1-2H3. The van der Waals surface area contributed by atoms with Crippen molar-refractivity contribution < 1.29 is 8.42 Å². The molecule has 1 aliphatic rings. The fourth-order valence-corrected chi connectivity index (χ4v) is 3.92. The molecule has 0 bridgehead atoms. The molecular formula is C13H23N3O2S2. The first-order chi connectivity index (χ1) is 9.51. The normalized spacial score (nSPS) is 17.3. The minimum Gasteiger partial charge on any atom is -0.363 e. The molecule has 0 aromatic carbocycles. The van der Waals surface area contributed by atoms with Crippen LogP contribution in [0.25, 0.3) is 0 Å². The lowest BCUT2D eigenvalue weighted by atomic mass is 10.4. The molecule has 7 heteroatoms. The molecule has 1 heterocycles. The zero-order valence-corrected chi connectivity index (χ0v) is 13.6. The van der Waals surface area contributed by atoms with Gasteiger partial charge in [-0.25, -0.2) is 13.1 Å². The molecule has 1 atom stereocenters. The van der Waals surface area contributed by atoms with Gasteiger partial charge in [-0.15, -0.1) is 0 Å². The van der Waals surface area contributed by atoms with Gasteiger partial charge in [0.2, 0.25) is 10.0 Å². The van der Waals surface area contributed by atoms with Crippen molar-refractivity contribution in [2.75, 3.05) is 11.5 Å². The topological polar surface area (TPSA) is 74.0 Å². The van der Waals surface area contributed by atoms with Crippen molar-refractivity contribution in [1.29, 1.82) is 0 Å². The Balaban J connectivity index is 1.90. The Hall–Kier alpha value is -0.500. The molecule has 0 aliphatic heterocycles. The number of aromatic nitrogens is 1. The first-order valence-corrected chi connectivity index (χ1v) is 9.66. The van der Waals surface area contributed by atoms with Crippen LogP contribution in [0.3, 0.4) is 0 Å². The van der Waals surface area contributed by atoms with Crippen LogP contribution in [0.2, 0.25) is 0 Å². The van der Waals surface area contributed by atoms with Crippen LogP contribution in [0.5, 0.6) is 0 Å². The fraction of sp³-hybridized carbons (Fsp3) is 0.692. The van der Waals surface area contributed by atoms with Crippen LogP contribution in [0.15, 0.2) is 17.2 Å². The van der Waals surface area contributed by atoms with Gasteiger partial charge in [0.25, 0.3) is 0 Å². The molecule has 1 unspecified atom stereocenters. The second kappa shape index (κ2) is 6.98. The lowest BCUT2D eigenvalue weighted by Gasteiger charge is -2.12. The summed E-state index contributed by atoms with van der Waals surface area (Å²) in [5, 5.41) is 3.36. The quantitative estimate of drug-likeness (QED) is 0.648. The Kier molecular flexibility index (Phi) is 5.54. The van der Waals surface area contributed by atoms with Gasteiger partial charge in [0, 0.05) is 36.3 Å². The Morgan fingerprint density at radius 3 is 2.90 bits per heavy atom. The Morgan fingerprint density at radius 1 is 1.50 bits per heavy atom. The lowest BCUT2D eigenvalue weighted by Crippen LogP contribution is -2.34. The summed E-state index contributed by atoms with van der Waals surface area (Å²) in [5.41, 5.74) is 0.910. The van der Waals surface area contributed by atoms with E-state index in [1.165, 1.54) is 12.8 Å². The van der Waals surface area contributed by atoms with Gasteiger partial charge >= 0.3 is 0 Å². The summed E-state index contributed by atoms with van der Waals surface area (Å²) in [6, 6.07) is 2.26. The molecule has 0 amide bonds. The van der Waals surface area contributed by atoms with Crippen molar-refractivity contribution in [3.05, 3.63) is 18.0 Å². The maximum Gasteiger partial charge on any atom is 0.242 e. The molecule has 1 aliphatic carbocycles. The van der Waals surface area contributed by atoms with E-state index >= 15 is 0 Å². The smallest absolute Gasteiger partial charge is 0.242 e.